The monoisotopic (exact) mass is 314 g/mol. The fraction of sp³-hybridized carbons (Fsp3) is 0.308. The van der Waals surface area contributed by atoms with Crippen LogP contribution in [-0.4, -0.2) is 13.6 Å². The molecule has 2 rings (SSSR count). The summed E-state index contributed by atoms with van der Waals surface area (Å²) >= 11 is 5.76. The normalized spacial score (nSPS) is 11.8. The van der Waals surface area contributed by atoms with Crippen LogP contribution < -0.4 is 4.72 Å². The Balaban J connectivity index is 2.03. The van der Waals surface area contributed by atoms with Crippen molar-refractivity contribution in [3.63, 3.8) is 0 Å². The van der Waals surface area contributed by atoms with Crippen molar-refractivity contribution in [1.29, 1.82) is 0 Å². The lowest BCUT2D eigenvalue weighted by atomic mass is 10.2. The van der Waals surface area contributed by atoms with E-state index in [0.717, 1.165) is 5.56 Å². The summed E-state index contributed by atoms with van der Waals surface area (Å²) in [5.41, 5.74) is 2.14. The molecule has 0 amide bonds. The third kappa shape index (κ3) is 3.82. The summed E-state index contributed by atoms with van der Waals surface area (Å²) in [5.74, 6) is 0.532. The van der Waals surface area contributed by atoms with Gasteiger partial charge in [-0.2, -0.15) is 0 Å². The minimum absolute atomic E-state index is 0.0897. The van der Waals surface area contributed by atoms with E-state index in [1.165, 1.54) is 0 Å². The number of aryl methyl sites for hydroxylation is 2. The summed E-state index contributed by atoms with van der Waals surface area (Å²) in [7, 11) is -3.42. The molecule has 0 spiro atoms. The van der Waals surface area contributed by atoms with Crippen molar-refractivity contribution in [3.8, 4) is 0 Å². The van der Waals surface area contributed by atoms with Crippen LogP contribution in [0.2, 0.25) is 5.02 Å². The van der Waals surface area contributed by atoms with Crippen molar-refractivity contribution in [3.05, 3.63) is 51.9 Å². The topological polar surface area (TPSA) is 72.2 Å². The molecule has 0 aliphatic heterocycles. The molecule has 0 unspecified atom stereocenters. The molecule has 0 radical (unpaired) electrons. The van der Waals surface area contributed by atoms with Crippen LogP contribution in [0.4, 0.5) is 0 Å². The average Bonchev–Trinajstić information content (AvgIpc) is 2.69. The quantitative estimate of drug-likeness (QED) is 0.920. The molecule has 1 heterocycles. The Kier molecular flexibility index (Phi) is 4.47. The Morgan fingerprint density at radius 2 is 1.90 bits per heavy atom. The number of aromatic nitrogens is 1. The van der Waals surface area contributed by atoms with Gasteiger partial charge in [-0.1, -0.05) is 28.9 Å². The molecule has 7 heteroatoms. The van der Waals surface area contributed by atoms with Crippen molar-refractivity contribution in [1.82, 2.24) is 9.88 Å². The van der Waals surface area contributed by atoms with E-state index in [1.807, 2.05) is 0 Å². The maximum Gasteiger partial charge on any atom is 0.216 e. The van der Waals surface area contributed by atoms with Gasteiger partial charge in [0.05, 0.1) is 11.4 Å². The average molecular weight is 315 g/mol. The molecule has 0 atom stereocenters. The molecule has 1 aromatic carbocycles. The summed E-state index contributed by atoms with van der Waals surface area (Å²) in [6.07, 6.45) is 0. The van der Waals surface area contributed by atoms with Crippen LogP contribution in [0.15, 0.2) is 28.8 Å². The van der Waals surface area contributed by atoms with Crippen LogP contribution in [0, 0.1) is 13.8 Å². The Morgan fingerprint density at radius 3 is 2.45 bits per heavy atom. The number of nitrogens with one attached hydrogen (secondary N) is 1. The van der Waals surface area contributed by atoms with Crippen LogP contribution in [0.25, 0.3) is 0 Å². The van der Waals surface area contributed by atoms with Crippen LogP contribution in [-0.2, 0) is 22.3 Å². The van der Waals surface area contributed by atoms with Gasteiger partial charge < -0.3 is 4.52 Å². The molecule has 0 bridgehead atoms. The predicted molar refractivity (Wildman–Crippen MR) is 76.9 cm³/mol. The Labute approximate surface area is 123 Å². The lowest BCUT2D eigenvalue weighted by Gasteiger charge is -2.06. The van der Waals surface area contributed by atoms with Gasteiger partial charge in [0.1, 0.15) is 5.76 Å². The van der Waals surface area contributed by atoms with E-state index >= 15 is 0 Å². The number of rotatable bonds is 5. The van der Waals surface area contributed by atoms with Gasteiger partial charge in [0.25, 0.3) is 0 Å². The van der Waals surface area contributed by atoms with E-state index in [4.69, 9.17) is 16.1 Å². The van der Waals surface area contributed by atoms with Crippen LogP contribution >= 0.6 is 11.6 Å². The zero-order valence-electron chi connectivity index (χ0n) is 11.2. The van der Waals surface area contributed by atoms with Crippen LogP contribution in [0.1, 0.15) is 22.6 Å². The van der Waals surface area contributed by atoms with E-state index in [2.05, 4.69) is 9.88 Å². The molecule has 20 heavy (non-hydrogen) atoms. The molecule has 0 fully saturated rings. The lowest BCUT2D eigenvalue weighted by molar-refractivity contribution is 0.392. The first-order valence-corrected chi connectivity index (χ1v) is 8.04. The molecule has 5 nitrogen and oxygen atoms in total. The highest BCUT2D eigenvalue weighted by molar-refractivity contribution is 7.88. The molecule has 2 aromatic rings. The molecule has 0 saturated carbocycles. The van der Waals surface area contributed by atoms with Gasteiger partial charge in [-0.15, -0.1) is 0 Å². The Bertz CT molecular complexity index is 673. The summed E-state index contributed by atoms with van der Waals surface area (Å²) in [6.45, 7) is 3.71. The first-order chi connectivity index (χ1) is 9.37. The summed E-state index contributed by atoms with van der Waals surface area (Å²) < 4.78 is 31.6. The van der Waals surface area contributed by atoms with Gasteiger partial charge in [0.15, 0.2) is 0 Å². The lowest BCUT2D eigenvalue weighted by Crippen LogP contribution is -2.25. The third-order valence-electron chi connectivity index (χ3n) is 2.92. The third-order valence-corrected chi connectivity index (χ3v) is 4.47. The van der Waals surface area contributed by atoms with Gasteiger partial charge in [-0.3, -0.25) is 0 Å². The molecule has 1 aromatic heterocycles. The second-order valence-corrected chi connectivity index (χ2v) is 6.75. The van der Waals surface area contributed by atoms with Crippen LogP contribution in [0.3, 0.4) is 0 Å². The second kappa shape index (κ2) is 5.95. The molecule has 108 valence electrons. The number of benzene rings is 1. The van der Waals surface area contributed by atoms with Crippen LogP contribution in [0.5, 0.6) is 0 Å². The molecular formula is C13H15ClN2O3S. The SMILES string of the molecule is Cc1noc(C)c1CNS(=O)(=O)Cc1ccc(Cl)cc1. The molecule has 0 saturated heterocycles. The standard InChI is InChI=1S/C13H15ClN2O3S/c1-9-13(10(2)19-16-9)7-15-20(17,18)8-11-3-5-12(14)6-4-11/h3-6,15H,7-8H2,1-2H3. The first kappa shape index (κ1) is 15.0. The number of nitrogens with zero attached hydrogens (tertiary/aromatic N) is 1. The molecule has 1 N–H and O–H groups in total. The van der Waals surface area contributed by atoms with E-state index < -0.39 is 10.0 Å². The highest BCUT2D eigenvalue weighted by atomic mass is 35.5. The van der Waals surface area contributed by atoms with Crippen molar-refractivity contribution in [2.45, 2.75) is 26.1 Å². The maximum absolute atomic E-state index is 12.0. The summed E-state index contributed by atoms with van der Waals surface area (Å²) in [6, 6.07) is 6.72. The van der Waals surface area contributed by atoms with Crippen molar-refractivity contribution in [2.24, 2.45) is 0 Å². The fourth-order valence-corrected chi connectivity index (χ4v) is 3.01. The maximum atomic E-state index is 12.0. The molecule has 0 aliphatic carbocycles. The van der Waals surface area contributed by atoms with Crippen molar-refractivity contribution in [2.75, 3.05) is 0 Å². The summed E-state index contributed by atoms with van der Waals surface area (Å²) in [5, 5.41) is 4.36. The molecule has 0 aliphatic rings. The number of halogens is 1. The fourth-order valence-electron chi connectivity index (χ4n) is 1.79. The highest BCUT2D eigenvalue weighted by Crippen LogP contribution is 2.14. The Hall–Kier alpha value is -1.37. The van der Waals surface area contributed by atoms with Crippen molar-refractivity contribution < 1.29 is 12.9 Å². The minimum Gasteiger partial charge on any atom is -0.361 e. The Morgan fingerprint density at radius 1 is 1.25 bits per heavy atom. The smallest absolute Gasteiger partial charge is 0.216 e. The second-order valence-electron chi connectivity index (χ2n) is 4.51. The zero-order chi connectivity index (χ0) is 14.8. The number of hydrogen-bond acceptors (Lipinski definition) is 4. The minimum atomic E-state index is -3.42. The molecular weight excluding hydrogens is 300 g/mol. The number of sulfonamides is 1. The van der Waals surface area contributed by atoms with Gasteiger partial charge >= 0.3 is 0 Å². The van der Waals surface area contributed by atoms with E-state index in [9.17, 15) is 8.42 Å². The van der Waals surface area contributed by atoms with Gasteiger partial charge in [-0.25, -0.2) is 13.1 Å². The van der Waals surface area contributed by atoms with Gasteiger partial charge in [-0.05, 0) is 31.5 Å². The van der Waals surface area contributed by atoms with Gasteiger partial charge in [0, 0.05) is 17.1 Å². The van der Waals surface area contributed by atoms with Gasteiger partial charge in [0.2, 0.25) is 10.0 Å². The summed E-state index contributed by atoms with van der Waals surface area (Å²) in [4.78, 5) is 0. The first-order valence-electron chi connectivity index (χ1n) is 6.01. The van der Waals surface area contributed by atoms with E-state index in [1.54, 1.807) is 38.1 Å². The zero-order valence-corrected chi connectivity index (χ0v) is 12.8. The largest absolute Gasteiger partial charge is 0.361 e. The van der Waals surface area contributed by atoms with Crippen molar-refractivity contribution >= 4 is 21.6 Å². The van der Waals surface area contributed by atoms with E-state index in [0.29, 0.717) is 22.0 Å². The van der Waals surface area contributed by atoms with E-state index in [-0.39, 0.29) is 12.3 Å². The predicted octanol–water partition coefficient (Wildman–Crippen LogP) is 2.56. The number of hydrogen-bond donors (Lipinski definition) is 1. The highest BCUT2D eigenvalue weighted by Gasteiger charge is 2.15.